The third-order valence-electron chi connectivity index (χ3n) is 5.77. The molecular weight excluding hydrogens is 374 g/mol. The molecule has 0 aliphatic carbocycles. The van der Waals surface area contributed by atoms with Gasteiger partial charge in [0.2, 0.25) is 5.91 Å². The van der Waals surface area contributed by atoms with E-state index in [1.807, 2.05) is 25.1 Å². The van der Waals surface area contributed by atoms with Gasteiger partial charge in [0.1, 0.15) is 12.5 Å². The first kappa shape index (κ1) is 23.9. The van der Waals surface area contributed by atoms with E-state index in [4.69, 9.17) is 4.74 Å². The number of amides is 1. The summed E-state index contributed by atoms with van der Waals surface area (Å²) >= 11 is 0. The summed E-state index contributed by atoms with van der Waals surface area (Å²) in [6, 6.07) is 18.0. The molecule has 3 atom stereocenters. The van der Waals surface area contributed by atoms with Crippen LogP contribution in [0.5, 0.6) is 5.75 Å². The zero-order chi connectivity index (χ0) is 21.8. The van der Waals surface area contributed by atoms with Crippen molar-refractivity contribution < 1.29 is 14.6 Å². The van der Waals surface area contributed by atoms with Gasteiger partial charge in [-0.15, -0.1) is 0 Å². The minimum atomic E-state index is -0.0951. The first-order valence-electron chi connectivity index (χ1n) is 11.2. The van der Waals surface area contributed by atoms with Crippen molar-refractivity contribution in [2.45, 2.75) is 64.7 Å². The summed E-state index contributed by atoms with van der Waals surface area (Å²) in [4.78, 5) is 12.6. The summed E-state index contributed by atoms with van der Waals surface area (Å²) < 4.78 is 5.48. The van der Waals surface area contributed by atoms with Crippen LogP contribution in [0.3, 0.4) is 0 Å². The Morgan fingerprint density at radius 3 is 2.27 bits per heavy atom. The third kappa shape index (κ3) is 7.83. The first-order chi connectivity index (χ1) is 14.5. The van der Waals surface area contributed by atoms with Crippen LogP contribution in [0.2, 0.25) is 0 Å². The summed E-state index contributed by atoms with van der Waals surface area (Å²) in [5.74, 6) is 0.905. The van der Waals surface area contributed by atoms with Gasteiger partial charge in [-0.1, -0.05) is 69.7 Å². The molecule has 2 rings (SSSR count). The van der Waals surface area contributed by atoms with Crippen LogP contribution in [-0.4, -0.2) is 24.4 Å². The Bertz CT molecular complexity index is 730. The maximum atomic E-state index is 12.6. The van der Waals surface area contributed by atoms with Crippen molar-refractivity contribution in [1.82, 2.24) is 5.32 Å². The number of unbranched alkanes of at least 4 members (excludes halogenated alkanes) is 1. The van der Waals surface area contributed by atoms with E-state index in [0.717, 1.165) is 32.1 Å². The van der Waals surface area contributed by atoms with Crippen molar-refractivity contribution in [3.63, 3.8) is 0 Å². The molecule has 2 aromatic rings. The minimum absolute atomic E-state index is 0.0464. The summed E-state index contributed by atoms with van der Waals surface area (Å²) in [5.41, 5.74) is 2.51. The van der Waals surface area contributed by atoms with E-state index < -0.39 is 0 Å². The number of phenols is 1. The lowest BCUT2D eigenvalue weighted by atomic mass is 9.79. The fourth-order valence-electron chi connectivity index (χ4n) is 3.87. The molecule has 0 saturated carbocycles. The molecule has 0 bridgehead atoms. The number of hydrogen-bond acceptors (Lipinski definition) is 3. The number of carbonyl (C=O) groups excluding carboxylic acids is 1. The number of rotatable bonds is 13. The smallest absolute Gasteiger partial charge is 0.224 e. The molecular formula is C26H37NO3. The van der Waals surface area contributed by atoms with Gasteiger partial charge in [0.05, 0.1) is 0 Å². The molecule has 0 radical (unpaired) electrons. The van der Waals surface area contributed by atoms with Crippen LogP contribution < -0.4 is 5.32 Å². The van der Waals surface area contributed by atoms with Crippen LogP contribution in [0.15, 0.2) is 54.6 Å². The zero-order valence-corrected chi connectivity index (χ0v) is 18.6. The molecule has 4 nitrogen and oxygen atoms in total. The maximum absolute atomic E-state index is 12.6. The lowest BCUT2D eigenvalue weighted by Gasteiger charge is -2.26. The summed E-state index contributed by atoms with van der Waals surface area (Å²) in [7, 11) is 0. The second-order valence-corrected chi connectivity index (χ2v) is 8.12. The molecule has 0 aliphatic rings. The molecule has 0 spiro atoms. The lowest BCUT2D eigenvalue weighted by molar-refractivity contribution is -0.126. The summed E-state index contributed by atoms with van der Waals surface area (Å²) in [6.45, 7) is 7.28. The van der Waals surface area contributed by atoms with E-state index in [2.05, 4.69) is 43.4 Å². The average Bonchev–Trinajstić information content (AvgIpc) is 2.77. The Balaban J connectivity index is 2.04. The predicted molar refractivity (Wildman–Crippen MR) is 123 cm³/mol. The molecule has 0 aromatic heterocycles. The number of aromatic hydroxyl groups is 1. The zero-order valence-electron chi connectivity index (χ0n) is 18.6. The molecule has 2 N–H and O–H groups in total. The van der Waals surface area contributed by atoms with Gasteiger partial charge in [0.15, 0.2) is 0 Å². The van der Waals surface area contributed by atoms with Crippen LogP contribution in [0, 0.1) is 5.92 Å². The average molecular weight is 412 g/mol. The topological polar surface area (TPSA) is 58.6 Å². The largest absolute Gasteiger partial charge is 0.508 e. The molecule has 4 heteroatoms. The van der Waals surface area contributed by atoms with Gasteiger partial charge < -0.3 is 15.2 Å². The third-order valence-corrected chi connectivity index (χ3v) is 5.77. The maximum Gasteiger partial charge on any atom is 0.224 e. The predicted octanol–water partition coefficient (Wildman–Crippen LogP) is 5.98. The molecule has 0 saturated heterocycles. The first-order valence-corrected chi connectivity index (χ1v) is 11.2. The van der Waals surface area contributed by atoms with Crippen LogP contribution in [0.25, 0.3) is 0 Å². The van der Waals surface area contributed by atoms with Crippen molar-refractivity contribution in [2.24, 2.45) is 5.92 Å². The van der Waals surface area contributed by atoms with E-state index in [0.29, 0.717) is 18.3 Å². The van der Waals surface area contributed by atoms with Gasteiger partial charge in [-0.3, -0.25) is 4.79 Å². The van der Waals surface area contributed by atoms with Gasteiger partial charge >= 0.3 is 0 Å². The molecule has 30 heavy (non-hydrogen) atoms. The van der Waals surface area contributed by atoms with Crippen LogP contribution in [-0.2, 0) is 9.53 Å². The fraction of sp³-hybridized carbons (Fsp3) is 0.500. The van der Waals surface area contributed by atoms with E-state index in [-0.39, 0.29) is 24.5 Å². The number of hydrogen-bond donors (Lipinski definition) is 2. The van der Waals surface area contributed by atoms with Crippen LogP contribution in [0.1, 0.15) is 75.8 Å². The summed E-state index contributed by atoms with van der Waals surface area (Å²) in [6.07, 6.45) is 4.87. The fourth-order valence-corrected chi connectivity index (χ4v) is 3.87. The van der Waals surface area contributed by atoms with Crippen molar-refractivity contribution in [3.05, 3.63) is 65.7 Å². The Morgan fingerprint density at radius 1 is 0.967 bits per heavy atom. The van der Waals surface area contributed by atoms with Crippen molar-refractivity contribution >= 4 is 5.91 Å². The second kappa shape index (κ2) is 13.1. The van der Waals surface area contributed by atoms with Crippen LogP contribution >= 0.6 is 0 Å². The number of carbonyl (C=O) groups is 1. The van der Waals surface area contributed by atoms with Crippen LogP contribution in [0.4, 0.5) is 0 Å². The number of ether oxygens (including phenoxy) is 1. The van der Waals surface area contributed by atoms with Gasteiger partial charge in [-0.25, -0.2) is 0 Å². The Hall–Kier alpha value is -2.33. The standard InChI is InChI=1S/C26H37NO3/c1-4-6-16-30-19-27-26(29)20(3)17-24(22-10-8-7-9-11-22)18-21(5-2)23-12-14-25(28)15-13-23/h7-15,20-21,24,28H,4-6,16-19H2,1-3H3,(H,27,29). The highest BCUT2D eigenvalue weighted by molar-refractivity contribution is 5.78. The molecule has 2 aromatic carbocycles. The molecule has 3 unspecified atom stereocenters. The quantitative estimate of drug-likeness (QED) is 0.315. The molecule has 164 valence electrons. The Morgan fingerprint density at radius 2 is 1.63 bits per heavy atom. The molecule has 0 heterocycles. The van der Waals surface area contributed by atoms with E-state index >= 15 is 0 Å². The monoisotopic (exact) mass is 411 g/mol. The lowest BCUT2D eigenvalue weighted by Crippen LogP contribution is -2.32. The minimum Gasteiger partial charge on any atom is -0.508 e. The van der Waals surface area contributed by atoms with E-state index in [1.54, 1.807) is 12.1 Å². The Labute approximate surface area is 181 Å². The highest BCUT2D eigenvalue weighted by Crippen LogP contribution is 2.36. The number of benzene rings is 2. The van der Waals surface area contributed by atoms with Crippen molar-refractivity contribution in [1.29, 1.82) is 0 Å². The SMILES string of the molecule is CCCCOCNC(=O)C(C)CC(CC(CC)c1ccc(O)cc1)c1ccccc1. The normalized spacial score (nSPS) is 14.1. The second-order valence-electron chi connectivity index (χ2n) is 8.12. The molecule has 0 fully saturated rings. The molecule has 1 amide bonds. The van der Waals surface area contributed by atoms with E-state index in [1.165, 1.54) is 11.1 Å². The summed E-state index contributed by atoms with van der Waals surface area (Å²) in [5, 5.41) is 12.5. The van der Waals surface area contributed by atoms with Gasteiger partial charge in [0.25, 0.3) is 0 Å². The molecule has 0 aliphatic heterocycles. The van der Waals surface area contributed by atoms with Crippen molar-refractivity contribution in [3.8, 4) is 5.75 Å². The van der Waals surface area contributed by atoms with Gasteiger partial charge in [-0.05, 0) is 60.8 Å². The highest BCUT2D eigenvalue weighted by Gasteiger charge is 2.23. The van der Waals surface area contributed by atoms with Crippen molar-refractivity contribution in [2.75, 3.05) is 13.3 Å². The van der Waals surface area contributed by atoms with E-state index in [9.17, 15) is 9.90 Å². The van der Waals surface area contributed by atoms with Gasteiger partial charge in [-0.2, -0.15) is 0 Å². The number of phenolic OH excluding ortho intramolecular Hbond substituents is 1. The highest BCUT2D eigenvalue weighted by atomic mass is 16.5. The Kier molecular flexibility index (Phi) is 10.4. The number of nitrogens with one attached hydrogen (secondary N) is 1. The van der Waals surface area contributed by atoms with Gasteiger partial charge in [0, 0.05) is 12.5 Å².